The molecule has 1 heterocycles. The number of carbonyl (C=O) groups is 1. The summed E-state index contributed by atoms with van der Waals surface area (Å²) in [4.78, 5) is 17.5. The molecule has 3 rings (SSSR count). The number of carbonyl (C=O) groups excluding carboxylic acids is 1. The van der Waals surface area contributed by atoms with E-state index in [4.69, 9.17) is 11.6 Å². The third-order valence-corrected chi connectivity index (χ3v) is 5.39. The summed E-state index contributed by atoms with van der Waals surface area (Å²) in [5.74, 6) is -0.570. The first kappa shape index (κ1) is 19.3. The first-order valence-corrected chi connectivity index (χ1v) is 9.74. The molecule has 0 spiro atoms. The number of hydrogen-bond acceptors (Lipinski definition) is 3. The van der Waals surface area contributed by atoms with Gasteiger partial charge in [-0.3, -0.25) is 4.79 Å². The smallest absolute Gasteiger partial charge is 0.230 e. The first-order valence-electron chi connectivity index (χ1n) is 8.48. The van der Waals surface area contributed by atoms with E-state index in [9.17, 15) is 9.18 Å². The van der Waals surface area contributed by atoms with Crippen LogP contribution in [0.15, 0.2) is 52.8 Å². The molecule has 7 heteroatoms. The highest BCUT2D eigenvalue weighted by Crippen LogP contribution is 2.21. The summed E-state index contributed by atoms with van der Waals surface area (Å²) in [5, 5.41) is 4.83. The highest BCUT2D eigenvalue weighted by atomic mass is 35.5. The average molecular weight is 404 g/mol. The molecule has 140 valence electrons. The van der Waals surface area contributed by atoms with Gasteiger partial charge in [0.05, 0.1) is 17.1 Å². The highest BCUT2D eigenvalue weighted by Gasteiger charge is 2.09. The molecule has 0 aliphatic carbocycles. The molecule has 0 aliphatic heterocycles. The van der Waals surface area contributed by atoms with Crippen LogP contribution < -0.4 is 10.1 Å². The predicted molar refractivity (Wildman–Crippen MR) is 108 cm³/mol. The molecule has 1 aromatic heterocycles. The second-order valence-corrected chi connectivity index (χ2v) is 7.30. The Bertz CT molecular complexity index is 1020. The molecule has 27 heavy (non-hydrogen) atoms. The fraction of sp³-hybridized carbons (Fsp3) is 0.200. The third kappa shape index (κ3) is 4.84. The summed E-state index contributed by atoms with van der Waals surface area (Å²) in [5.41, 5.74) is 3.41. The Morgan fingerprint density at radius 3 is 2.67 bits per heavy atom. The van der Waals surface area contributed by atoms with Crippen LogP contribution in [0, 0.1) is 5.82 Å². The topological polar surface area (TPSA) is 46.4 Å². The van der Waals surface area contributed by atoms with Crippen molar-refractivity contribution < 1.29 is 9.18 Å². The van der Waals surface area contributed by atoms with Crippen LogP contribution in [0.3, 0.4) is 0 Å². The zero-order valence-electron chi connectivity index (χ0n) is 15.0. The lowest BCUT2D eigenvalue weighted by Gasteiger charge is -2.06. The van der Waals surface area contributed by atoms with Crippen molar-refractivity contribution in [3.63, 3.8) is 0 Å². The maximum Gasteiger partial charge on any atom is 0.230 e. The molecule has 1 amide bonds. The number of rotatable bonds is 5. The number of amides is 1. The second-order valence-electron chi connectivity index (χ2n) is 6.05. The van der Waals surface area contributed by atoms with Crippen LogP contribution in [-0.4, -0.2) is 10.5 Å². The lowest BCUT2D eigenvalue weighted by Crippen LogP contribution is -2.19. The van der Waals surface area contributed by atoms with Crippen molar-refractivity contribution in [2.24, 2.45) is 12.0 Å². The van der Waals surface area contributed by atoms with Crippen LogP contribution in [0.1, 0.15) is 18.2 Å². The van der Waals surface area contributed by atoms with E-state index in [0.29, 0.717) is 10.5 Å². The van der Waals surface area contributed by atoms with Gasteiger partial charge in [0.15, 0.2) is 4.80 Å². The maximum atomic E-state index is 13.3. The van der Waals surface area contributed by atoms with Gasteiger partial charge < -0.3 is 9.88 Å². The Balaban J connectivity index is 1.73. The van der Waals surface area contributed by atoms with Gasteiger partial charge in [-0.2, -0.15) is 0 Å². The Kier molecular flexibility index (Phi) is 6.08. The van der Waals surface area contributed by atoms with E-state index in [-0.39, 0.29) is 17.4 Å². The van der Waals surface area contributed by atoms with Gasteiger partial charge in [-0.15, -0.1) is 11.3 Å². The summed E-state index contributed by atoms with van der Waals surface area (Å²) in [6.45, 7) is 2.09. The van der Waals surface area contributed by atoms with E-state index in [1.807, 2.05) is 41.3 Å². The Labute approximate surface area is 166 Å². The van der Waals surface area contributed by atoms with E-state index >= 15 is 0 Å². The molecule has 0 fully saturated rings. The van der Waals surface area contributed by atoms with Gasteiger partial charge in [-0.05, 0) is 42.3 Å². The SMILES string of the molecule is CCc1ccc(NC(=O)Cc2csc(=Nc3ccc(F)c(Cl)c3)n2C)cc1. The van der Waals surface area contributed by atoms with Crippen molar-refractivity contribution in [3.05, 3.63) is 74.7 Å². The van der Waals surface area contributed by atoms with E-state index in [2.05, 4.69) is 17.2 Å². The van der Waals surface area contributed by atoms with Crippen LogP contribution in [0.2, 0.25) is 5.02 Å². The second kappa shape index (κ2) is 8.50. The number of hydrogen-bond donors (Lipinski definition) is 1. The van der Waals surface area contributed by atoms with E-state index < -0.39 is 5.82 Å². The molecule has 0 radical (unpaired) electrons. The minimum Gasteiger partial charge on any atom is -0.326 e. The van der Waals surface area contributed by atoms with Crippen molar-refractivity contribution in [2.75, 3.05) is 5.32 Å². The van der Waals surface area contributed by atoms with Crippen molar-refractivity contribution >= 4 is 40.2 Å². The fourth-order valence-corrected chi connectivity index (χ4v) is 3.61. The third-order valence-electron chi connectivity index (χ3n) is 4.13. The minimum absolute atomic E-state index is 0.0316. The quantitative estimate of drug-likeness (QED) is 0.650. The van der Waals surface area contributed by atoms with E-state index in [1.54, 1.807) is 6.07 Å². The number of halogens is 2. The molecule has 2 aromatic carbocycles. The molecule has 0 unspecified atom stereocenters. The lowest BCUT2D eigenvalue weighted by molar-refractivity contribution is -0.115. The molecule has 0 aliphatic rings. The van der Waals surface area contributed by atoms with Gasteiger partial charge in [0.1, 0.15) is 5.82 Å². The van der Waals surface area contributed by atoms with Crippen LogP contribution in [0.4, 0.5) is 15.8 Å². The molecule has 0 saturated heterocycles. The Morgan fingerprint density at radius 1 is 1.26 bits per heavy atom. The minimum atomic E-state index is -0.476. The Hall–Kier alpha value is -2.44. The number of nitrogens with zero attached hydrogens (tertiary/aromatic N) is 2. The number of aromatic nitrogens is 1. The number of benzene rings is 2. The summed E-state index contributed by atoms with van der Waals surface area (Å²) in [7, 11) is 1.85. The van der Waals surface area contributed by atoms with Gasteiger partial charge in [-0.1, -0.05) is 30.7 Å². The van der Waals surface area contributed by atoms with Crippen molar-refractivity contribution in [1.29, 1.82) is 0 Å². The molecular weight excluding hydrogens is 385 g/mol. The first-order chi connectivity index (χ1) is 13.0. The zero-order chi connectivity index (χ0) is 19.4. The van der Waals surface area contributed by atoms with Crippen LogP contribution >= 0.6 is 22.9 Å². The van der Waals surface area contributed by atoms with Gasteiger partial charge in [0.25, 0.3) is 0 Å². The summed E-state index contributed by atoms with van der Waals surface area (Å²) in [6, 6.07) is 12.1. The predicted octanol–water partition coefficient (Wildman–Crippen LogP) is 4.86. The number of nitrogens with one attached hydrogen (secondary N) is 1. The van der Waals surface area contributed by atoms with Crippen molar-refractivity contribution in [1.82, 2.24) is 4.57 Å². The van der Waals surface area contributed by atoms with Crippen molar-refractivity contribution in [3.8, 4) is 0 Å². The maximum absolute atomic E-state index is 13.3. The fourth-order valence-electron chi connectivity index (χ4n) is 2.52. The monoisotopic (exact) mass is 403 g/mol. The van der Waals surface area contributed by atoms with Gasteiger partial charge >= 0.3 is 0 Å². The van der Waals surface area contributed by atoms with Crippen LogP contribution in [0.5, 0.6) is 0 Å². The van der Waals surface area contributed by atoms with Gasteiger partial charge in [-0.25, -0.2) is 9.38 Å². The molecule has 0 atom stereocenters. The van der Waals surface area contributed by atoms with Crippen LogP contribution in [-0.2, 0) is 24.7 Å². The molecule has 4 nitrogen and oxygen atoms in total. The number of anilines is 1. The largest absolute Gasteiger partial charge is 0.326 e. The summed E-state index contributed by atoms with van der Waals surface area (Å²) >= 11 is 7.21. The van der Waals surface area contributed by atoms with Gasteiger partial charge in [0.2, 0.25) is 5.91 Å². The van der Waals surface area contributed by atoms with Gasteiger partial charge in [0, 0.05) is 23.8 Å². The van der Waals surface area contributed by atoms with Crippen LogP contribution in [0.25, 0.3) is 0 Å². The standard InChI is InChI=1S/C20H19ClFN3OS/c1-3-13-4-6-14(7-5-13)23-19(26)11-16-12-27-20(25(16)2)24-15-8-9-18(22)17(21)10-15/h4-10,12H,3,11H2,1-2H3,(H,23,26). The average Bonchev–Trinajstić information content (AvgIpc) is 2.98. The lowest BCUT2D eigenvalue weighted by atomic mass is 10.1. The zero-order valence-corrected chi connectivity index (χ0v) is 16.6. The van der Waals surface area contributed by atoms with E-state index in [1.165, 1.54) is 29.0 Å². The molecule has 0 bridgehead atoms. The molecule has 0 saturated carbocycles. The highest BCUT2D eigenvalue weighted by molar-refractivity contribution is 7.07. The van der Waals surface area contributed by atoms with Crippen molar-refractivity contribution in [2.45, 2.75) is 19.8 Å². The number of thiazole rings is 1. The summed E-state index contributed by atoms with van der Waals surface area (Å²) in [6.07, 6.45) is 1.20. The number of aryl methyl sites for hydroxylation is 1. The summed E-state index contributed by atoms with van der Waals surface area (Å²) < 4.78 is 15.1. The molecule has 3 aromatic rings. The van der Waals surface area contributed by atoms with E-state index in [0.717, 1.165) is 17.8 Å². The Morgan fingerprint density at radius 2 is 2.00 bits per heavy atom. The normalized spacial score (nSPS) is 11.6. The molecule has 1 N–H and O–H groups in total. The molecular formula is C20H19ClFN3OS.